The minimum Gasteiger partial charge on any atom is -0.495 e. The van der Waals surface area contributed by atoms with Crippen molar-refractivity contribution in [3.05, 3.63) is 23.3 Å². The van der Waals surface area contributed by atoms with E-state index in [1.165, 1.54) is 19.2 Å². The summed E-state index contributed by atoms with van der Waals surface area (Å²) < 4.78 is 4.85. The van der Waals surface area contributed by atoms with E-state index in [1.807, 2.05) is 0 Å². The Hall–Kier alpha value is -2.22. The van der Waals surface area contributed by atoms with E-state index >= 15 is 0 Å². The van der Waals surface area contributed by atoms with Crippen LogP contribution >= 0.6 is 0 Å². The van der Waals surface area contributed by atoms with E-state index in [9.17, 15) is 4.79 Å². The SMILES string of the molecule is COc1cc(C#N)c(C(=O)O)cc1N. The van der Waals surface area contributed by atoms with Crippen molar-refractivity contribution in [2.45, 2.75) is 0 Å². The second kappa shape index (κ2) is 3.66. The number of benzene rings is 1. The molecular weight excluding hydrogens is 184 g/mol. The van der Waals surface area contributed by atoms with Crippen LogP contribution in [0.5, 0.6) is 5.75 Å². The number of methoxy groups -OCH3 is 1. The van der Waals surface area contributed by atoms with Gasteiger partial charge in [0.15, 0.2) is 0 Å². The predicted molar refractivity (Wildman–Crippen MR) is 49.1 cm³/mol. The smallest absolute Gasteiger partial charge is 0.337 e. The molecule has 0 unspecified atom stereocenters. The van der Waals surface area contributed by atoms with Crippen molar-refractivity contribution in [1.82, 2.24) is 0 Å². The zero-order valence-electron chi connectivity index (χ0n) is 7.44. The molecule has 0 bridgehead atoms. The highest BCUT2D eigenvalue weighted by Crippen LogP contribution is 2.25. The Kier molecular flexibility index (Phi) is 2.58. The third-order valence-corrected chi connectivity index (χ3v) is 1.72. The number of rotatable bonds is 2. The summed E-state index contributed by atoms with van der Waals surface area (Å²) in [4.78, 5) is 10.7. The van der Waals surface area contributed by atoms with E-state index in [1.54, 1.807) is 6.07 Å². The van der Waals surface area contributed by atoms with Gasteiger partial charge in [-0.2, -0.15) is 5.26 Å². The molecular formula is C9H8N2O3. The van der Waals surface area contributed by atoms with Gasteiger partial charge in [-0.05, 0) is 6.07 Å². The second-order valence-electron chi connectivity index (χ2n) is 2.56. The Labute approximate surface area is 80.3 Å². The minimum atomic E-state index is -1.18. The number of nitrogen functional groups attached to an aromatic ring is 1. The molecule has 1 aromatic rings. The van der Waals surface area contributed by atoms with Gasteiger partial charge in [0.05, 0.1) is 23.9 Å². The number of nitrogens with two attached hydrogens (primary N) is 1. The first-order valence-corrected chi connectivity index (χ1v) is 3.71. The summed E-state index contributed by atoms with van der Waals surface area (Å²) in [7, 11) is 1.40. The summed E-state index contributed by atoms with van der Waals surface area (Å²) in [5.41, 5.74) is 5.61. The number of ether oxygens (including phenoxy) is 1. The summed E-state index contributed by atoms with van der Waals surface area (Å²) in [6.07, 6.45) is 0. The fraction of sp³-hybridized carbons (Fsp3) is 0.111. The average molecular weight is 192 g/mol. The highest BCUT2D eigenvalue weighted by Gasteiger charge is 2.13. The lowest BCUT2D eigenvalue weighted by atomic mass is 10.1. The van der Waals surface area contributed by atoms with E-state index in [0.717, 1.165) is 0 Å². The monoisotopic (exact) mass is 192 g/mol. The Bertz CT molecular complexity index is 421. The number of carboxylic acid groups (broad SMARTS) is 1. The first-order valence-electron chi connectivity index (χ1n) is 3.71. The molecule has 0 aliphatic rings. The fourth-order valence-electron chi connectivity index (χ4n) is 1.04. The molecule has 5 nitrogen and oxygen atoms in total. The van der Waals surface area contributed by atoms with Gasteiger partial charge in [0.2, 0.25) is 0 Å². The maximum atomic E-state index is 10.7. The normalized spacial score (nSPS) is 9.14. The van der Waals surface area contributed by atoms with Crippen LogP contribution in [0, 0.1) is 11.3 Å². The first-order chi connectivity index (χ1) is 6.60. The Morgan fingerprint density at radius 1 is 1.64 bits per heavy atom. The summed E-state index contributed by atoms with van der Waals surface area (Å²) in [5, 5.41) is 17.4. The third kappa shape index (κ3) is 1.59. The van der Waals surface area contributed by atoms with E-state index < -0.39 is 5.97 Å². The number of nitriles is 1. The lowest BCUT2D eigenvalue weighted by Gasteiger charge is -2.06. The maximum Gasteiger partial charge on any atom is 0.337 e. The van der Waals surface area contributed by atoms with Gasteiger partial charge >= 0.3 is 5.97 Å². The number of carboxylic acids is 1. The van der Waals surface area contributed by atoms with Gasteiger partial charge in [-0.1, -0.05) is 0 Å². The number of nitrogens with zero attached hydrogens (tertiary/aromatic N) is 1. The topological polar surface area (TPSA) is 96.3 Å². The van der Waals surface area contributed by atoms with Gasteiger partial charge in [0.1, 0.15) is 11.8 Å². The summed E-state index contributed by atoms with van der Waals surface area (Å²) in [5.74, 6) is -0.887. The van der Waals surface area contributed by atoms with Crippen molar-refractivity contribution >= 4 is 11.7 Å². The van der Waals surface area contributed by atoms with Crippen LogP contribution in [0.4, 0.5) is 5.69 Å². The van der Waals surface area contributed by atoms with Gasteiger partial charge in [-0.25, -0.2) is 4.79 Å². The highest BCUT2D eigenvalue weighted by molar-refractivity contribution is 5.92. The quantitative estimate of drug-likeness (QED) is 0.677. The van der Waals surface area contributed by atoms with Gasteiger partial charge in [-0.3, -0.25) is 0 Å². The number of aromatic carboxylic acids is 1. The molecule has 0 fully saturated rings. The van der Waals surface area contributed by atoms with E-state index in [-0.39, 0.29) is 16.8 Å². The minimum absolute atomic E-state index is 0.0311. The Morgan fingerprint density at radius 2 is 2.29 bits per heavy atom. The summed E-state index contributed by atoms with van der Waals surface area (Å²) in [6, 6.07) is 4.27. The van der Waals surface area contributed by atoms with Crippen LogP contribution < -0.4 is 10.5 Å². The van der Waals surface area contributed by atoms with Crippen LogP contribution in [0.3, 0.4) is 0 Å². The molecule has 5 heteroatoms. The largest absolute Gasteiger partial charge is 0.495 e. The Balaban J connectivity index is 3.41. The summed E-state index contributed by atoms with van der Waals surface area (Å²) in [6.45, 7) is 0. The van der Waals surface area contributed by atoms with Crippen LogP contribution in [0.1, 0.15) is 15.9 Å². The number of hydrogen-bond acceptors (Lipinski definition) is 4. The van der Waals surface area contributed by atoms with Gasteiger partial charge in [-0.15, -0.1) is 0 Å². The van der Waals surface area contributed by atoms with Crippen molar-refractivity contribution in [2.24, 2.45) is 0 Å². The molecule has 3 N–H and O–H groups in total. The standard InChI is InChI=1S/C9H8N2O3/c1-14-8-2-5(4-10)6(9(12)13)3-7(8)11/h2-3H,11H2,1H3,(H,12,13). The van der Waals surface area contributed by atoms with Crippen molar-refractivity contribution in [1.29, 1.82) is 5.26 Å². The fourth-order valence-corrected chi connectivity index (χ4v) is 1.04. The number of hydrogen-bond donors (Lipinski definition) is 2. The van der Waals surface area contributed by atoms with Crippen LogP contribution in [-0.4, -0.2) is 18.2 Å². The molecule has 72 valence electrons. The van der Waals surface area contributed by atoms with E-state index in [2.05, 4.69) is 0 Å². The molecule has 0 heterocycles. The molecule has 0 spiro atoms. The van der Waals surface area contributed by atoms with Crippen LogP contribution in [0.2, 0.25) is 0 Å². The molecule has 1 rings (SSSR count). The van der Waals surface area contributed by atoms with E-state index in [4.69, 9.17) is 20.8 Å². The molecule has 1 aromatic carbocycles. The van der Waals surface area contributed by atoms with Gasteiger partial charge in [0, 0.05) is 6.07 Å². The lowest BCUT2D eigenvalue weighted by Crippen LogP contribution is -2.03. The number of anilines is 1. The van der Waals surface area contributed by atoms with Crippen molar-refractivity contribution < 1.29 is 14.6 Å². The van der Waals surface area contributed by atoms with Crippen LogP contribution in [-0.2, 0) is 0 Å². The highest BCUT2D eigenvalue weighted by atomic mass is 16.5. The second-order valence-corrected chi connectivity index (χ2v) is 2.56. The van der Waals surface area contributed by atoms with Crippen molar-refractivity contribution in [3.63, 3.8) is 0 Å². The molecule has 0 aromatic heterocycles. The van der Waals surface area contributed by atoms with E-state index in [0.29, 0.717) is 5.75 Å². The number of carbonyl (C=O) groups is 1. The predicted octanol–water partition coefficient (Wildman–Crippen LogP) is 0.847. The molecule has 0 atom stereocenters. The Morgan fingerprint density at radius 3 is 2.71 bits per heavy atom. The third-order valence-electron chi connectivity index (χ3n) is 1.72. The molecule has 0 aliphatic heterocycles. The van der Waals surface area contributed by atoms with Crippen LogP contribution in [0.15, 0.2) is 12.1 Å². The lowest BCUT2D eigenvalue weighted by molar-refractivity contribution is 0.0696. The molecule has 0 saturated carbocycles. The molecule has 0 radical (unpaired) electrons. The van der Waals surface area contributed by atoms with Crippen molar-refractivity contribution in [3.8, 4) is 11.8 Å². The van der Waals surface area contributed by atoms with Gasteiger partial charge < -0.3 is 15.6 Å². The molecule has 0 aliphatic carbocycles. The molecule has 14 heavy (non-hydrogen) atoms. The summed E-state index contributed by atoms with van der Waals surface area (Å²) >= 11 is 0. The van der Waals surface area contributed by atoms with Crippen LogP contribution in [0.25, 0.3) is 0 Å². The maximum absolute atomic E-state index is 10.7. The van der Waals surface area contributed by atoms with Gasteiger partial charge in [0.25, 0.3) is 0 Å². The zero-order chi connectivity index (χ0) is 10.7. The average Bonchev–Trinajstić information content (AvgIpc) is 2.17. The first kappa shape index (κ1) is 9.86. The van der Waals surface area contributed by atoms with Crippen molar-refractivity contribution in [2.75, 3.05) is 12.8 Å². The zero-order valence-corrected chi connectivity index (χ0v) is 7.44. The molecule has 0 saturated heterocycles. The molecule has 0 amide bonds.